The molecule has 1 atom stereocenters. The third-order valence-corrected chi connectivity index (χ3v) is 3.29. The van der Waals surface area contributed by atoms with E-state index >= 15 is 0 Å². The van der Waals surface area contributed by atoms with E-state index in [1.54, 1.807) is 4.90 Å². The van der Waals surface area contributed by atoms with Gasteiger partial charge in [-0.2, -0.15) is 0 Å². The van der Waals surface area contributed by atoms with Crippen molar-refractivity contribution in [2.24, 2.45) is 5.73 Å². The minimum Gasteiger partial charge on any atom is -0.445 e. The van der Waals surface area contributed by atoms with Crippen LogP contribution in [0, 0.1) is 0 Å². The first-order valence-corrected chi connectivity index (χ1v) is 6.36. The van der Waals surface area contributed by atoms with Crippen LogP contribution in [-0.2, 0) is 11.3 Å². The van der Waals surface area contributed by atoms with Gasteiger partial charge in [-0.05, 0) is 18.4 Å². The zero-order valence-corrected chi connectivity index (χ0v) is 10.9. The number of rotatable bonds is 3. The van der Waals surface area contributed by atoms with Crippen molar-refractivity contribution in [3.63, 3.8) is 0 Å². The number of nitrogens with two attached hydrogens (primary N) is 1. The Bertz CT molecular complexity index is 436. The minimum atomic E-state index is -0.339. The van der Waals surface area contributed by atoms with Crippen molar-refractivity contribution < 1.29 is 9.53 Å². The molecule has 1 aliphatic heterocycles. The van der Waals surface area contributed by atoms with Gasteiger partial charge in [0.15, 0.2) is 0 Å². The highest BCUT2D eigenvalue weighted by Gasteiger charge is 2.31. The summed E-state index contributed by atoms with van der Waals surface area (Å²) in [5.41, 5.74) is 6.58. The zero-order chi connectivity index (χ0) is 13.0. The standard InChI is InChI=1S/C13H16N2O2S/c14-12(18)11-7-4-8-15(11)13(16)17-9-10-5-2-1-3-6-10/h1-3,5-6,11H,4,7-9H2,(H2,14,18)/t11-/m1/s1. The van der Waals surface area contributed by atoms with Gasteiger partial charge in [0, 0.05) is 6.54 Å². The summed E-state index contributed by atoms with van der Waals surface area (Å²) in [6.45, 7) is 0.940. The number of nitrogens with zero attached hydrogens (tertiary/aromatic N) is 1. The van der Waals surface area contributed by atoms with Crippen LogP contribution in [-0.4, -0.2) is 28.6 Å². The lowest BCUT2D eigenvalue weighted by Gasteiger charge is -2.22. The topological polar surface area (TPSA) is 55.6 Å². The lowest BCUT2D eigenvalue weighted by molar-refractivity contribution is 0.0994. The van der Waals surface area contributed by atoms with Crippen LogP contribution in [0.25, 0.3) is 0 Å². The van der Waals surface area contributed by atoms with Crippen LogP contribution < -0.4 is 5.73 Å². The summed E-state index contributed by atoms with van der Waals surface area (Å²) in [6, 6.07) is 9.44. The average molecular weight is 264 g/mol. The Morgan fingerprint density at radius 3 is 2.83 bits per heavy atom. The first-order chi connectivity index (χ1) is 8.68. The number of benzene rings is 1. The first-order valence-electron chi connectivity index (χ1n) is 5.95. The number of hydrogen-bond acceptors (Lipinski definition) is 3. The van der Waals surface area contributed by atoms with Crippen molar-refractivity contribution in [3.8, 4) is 0 Å². The average Bonchev–Trinajstić information content (AvgIpc) is 2.86. The van der Waals surface area contributed by atoms with Gasteiger partial charge in [0.25, 0.3) is 0 Å². The quantitative estimate of drug-likeness (QED) is 0.849. The molecule has 1 aliphatic rings. The summed E-state index contributed by atoms with van der Waals surface area (Å²) < 4.78 is 5.26. The fourth-order valence-corrected chi connectivity index (χ4v) is 2.33. The first kappa shape index (κ1) is 12.8. The highest BCUT2D eigenvalue weighted by atomic mass is 32.1. The van der Waals surface area contributed by atoms with E-state index < -0.39 is 0 Å². The highest BCUT2D eigenvalue weighted by molar-refractivity contribution is 7.80. The molecule has 1 heterocycles. The van der Waals surface area contributed by atoms with Crippen molar-refractivity contribution in [1.29, 1.82) is 0 Å². The molecule has 1 saturated heterocycles. The molecular formula is C13H16N2O2S. The lowest BCUT2D eigenvalue weighted by Crippen LogP contribution is -2.43. The molecule has 1 aromatic carbocycles. The second-order valence-corrected chi connectivity index (χ2v) is 4.77. The monoisotopic (exact) mass is 264 g/mol. The molecule has 2 N–H and O–H groups in total. The van der Waals surface area contributed by atoms with Crippen LogP contribution in [0.2, 0.25) is 0 Å². The normalized spacial score (nSPS) is 18.7. The third kappa shape index (κ3) is 2.98. The van der Waals surface area contributed by atoms with Gasteiger partial charge in [0.1, 0.15) is 6.61 Å². The Morgan fingerprint density at radius 1 is 1.44 bits per heavy atom. The summed E-state index contributed by atoms with van der Waals surface area (Å²) in [5, 5.41) is 0. The Kier molecular flexibility index (Phi) is 4.15. The maximum atomic E-state index is 11.9. The largest absolute Gasteiger partial charge is 0.445 e. The Morgan fingerprint density at radius 2 is 2.17 bits per heavy atom. The Hall–Kier alpha value is -1.62. The van der Waals surface area contributed by atoms with Gasteiger partial charge in [-0.15, -0.1) is 0 Å². The zero-order valence-electron chi connectivity index (χ0n) is 10.0. The molecule has 96 valence electrons. The van der Waals surface area contributed by atoms with Crippen LogP contribution in [0.3, 0.4) is 0 Å². The van der Waals surface area contributed by atoms with E-state index in [0.717, 1.165) is 18.4 Å². The van der Waals surface area contributed by atoms with Gasteiger partial charge < -0.3 is 10.5 Å². The summed E-state index contributed by atoms with van der Waals surface area (Å²) in [7, 11) is 0. The van der Waals surface area contributed by atoms with E-state index in [1.807, 2.05) is 30.3 Å². The van der Waals surface area contributed by atoms with Gasteiger partial charge >= 0.3 is 6.09 Å². The number of hydrogen-bond donors (Lipinski definition) is 1. The Balaban J connectivity index is 1.90. The molecule has 1 fully saturated rings. The smallest absolute Gasteiger partial charge is 0.410 e. The molecule has 1 amide bonds. The molecule has 0 spiro atoms. The summed E-state index contributed by atoms with van der Waals surface area (Å²) in [4.78, 5) is 13.9. The second kappa shape index (κ2) is 5.82. The molecule has 1 aromatic rings. The fraction of sp³-hybridized carbons (Fsp3) is 0.385. The number of amides is 1. The maximum Gasteiger partial charge on any atom is 0.410 e. The van der Waals surface area contributed by atoms with E-state index in [4.69, 9.17) is 22.7 Å². The van der Waals surface area contributed by atoms with Gasteiger partial charge in [0.05, 0.1) is 11.0 Å². The number of carbonyl (C=O) groups excluding carboxylic acids is 1. The molecule has 0 unspecified atom stereocenters. The van der Waals surface area contributed by atoms with E-state index in [1.165, 1.54) is 0 Å². The van der Waals surface area contributed by atoms with Crippen LogP contribution >= 0.6 is 12.2 Å². The number of thiocarbonyl (C=S) groups is 1. The molecule has 0 aliphatic carbocycles. The number of likely N-dealkylation sites (tertiary alicyclic amines) is 1. The van der Waals surface area contributed by atoms with Gasteiger partial charge in [-0.3, -0.25) is 4.90 Å². The van der Waals surface area contributed by atoms with E-state index in [-0.39, 0.29) is 18.7 Å². The van der Waals surface area contributed by atoms with Crippen molar-refractivity contribution in [2.75, 3.05) is 6.54 Å². The lowest BCUT2D eigenvalue weighted by atomic mass is 10.2. The van der Waals surface area contributed by atoms with E-state index in [9.17, 15) is 4.79 Å². The van der Waals surface area contributed by atoms with Gasteiger partial charge in [-0.1, -0.05) is 42.5 Å². The molecule has 0 saturated carbocycles. The third-order valence-electron chi connectivity index (χ3n) is 3.02. The maximum absolute atomic E-state index is 11.9. The molecule has 2 rings (SSSR count). The second-order valence-electron chi connectivity index (χ2n) is 4.29. The van der Waals surface area contributed by atoms with Crippen LogP contribution in [0.1, 0.15) is 18.4 Å². The van der Waals surface area contributed by atoms with E-state index in [2.05, 4.69) is 0 Å². The van der Waals surface area contributed by atoms with Crippen molar-refractivity contribution >= 4 is 23.3 Å². The number of carbonyl (C=O) groups is 1. The number of ether oxygens (including phenoxy) is 1. The van der Waals surface area contributed by atoms with Crippen LogP contribution in [0.5, 0.6) is 0 Å². The van der Waals surface area contributed by atoms with E-state index in [0.29, 0.717) is 11.5 Å². The molecule has 5 heteroatoms. The van der Waals surface area contributed by atoms with Crippen LogP contribution in [0.4, 0.5) is 4.79 Å². The predicted octanol–water partition coefficient (Wildman–Crippen LogP) is 2.07. The molecule has 0 aromatic heterocycles. The predicted molar refractivity (Wildman–Crippen MR) is 73.1 cm³/mol. The summed E-state index contributed by atoms with van der Waals surface area (Å²) in [6.07, 6.45) is 1.41. The molecular weight excluding hydrogens is 248 g/mol. The van der Waals surface area contributed by atoms with Crippen LogP contribution in [0.15, 0.2) is 30.3 Å². The van der Waals surface area contributed by atoms with Gasteiger partial charge in [-0.25, -0.2) is 4.79 Å². The fourth-order valence-electron chi connectivity index (χ4n) is 2.08. The minimum absolute atomic E-state index is 0.150. The molecule has 18 heavy (non-hydrogen) atoms. The Labute approximate surface area is 112 Å². The summed E-state index contributed by atoms with van der Waals surface area (Å²) >= 11 is 4.96. The van der Waals surface area contributed by atoms with Crippen molar-refractivity contribution in [1.82, 2.24) is 4.90 Å². The SMILES string of the molecule is NC(=S)[C@H]1CCCN1C(=O)OCc1ccccc1. The van der Waals surface area contributed by atoms with Crippen molar-refractivity contribution in [3.05, 3.63) is 35.9 Å². The van der Waals surface area contributed by atoms with Crippen molar-refractivity contribution in [2.45, 2.75) is 25.5 Å². The summed E-state index contributed by atoms with van der Waals surface area (Å²) in [5.74, 6) is 0. The molecule has 0 radical (unpaired) electrons. The molecule has 4 nitrogen and oxygen atoms in total. The highest BCUT2D eigenvalue weighted by Crippen LogP contribution is 2.19. The molecule has 0 bridgehead atoms. The van der Waals surface area contributed by atoms with Gasteiger partial charge in [0.2, 0.25) is 0 Å².